The van der Waals surface area contributed by atoms with Crippen LogP contribution >= 0.6 is 0 Å². The molecule has 1 fully saturated rings. The topological polar surface area (TPSA) is 34.4 Å². The van der Waals surface area contributed by atoms with Crippen LogP contribution in [0, 0.1) is 5.92 Å². The molecular weight excluding hydrogens is 226 g/mol. The molecule has 2 unspecified atom stereocenters. The Hall–Kier alpha value is -0.800. The van der Waals surface area contributed by atoms with Crippen molar-refractivity contribution in [2.45, 2.75) is 58.3 Å². The molecule has 3 heteroatoms. The molecule has 2 rings (SSSR count). The molecule has 3 nitrogen and oxygen atoms in total. The maximum atomic E-state index is 6.05. The van der Waals surface area contributed by atoms with Gasteiger partial charge in [-0.3, -0.25) is 0 Å². The molecule has 0 amide bonds. The van der Waals surface area contributed by atoms with Crippen LogP contribution in [0.1, 0.15) is 50.5 Å². The second-order valence-electron chi connectivity index (χ2n) is 5.20. The highest BCUT2D eigenvalue weighted by atomic mass is 16.5. The Balaban J connectivity index is 1.81. The van der Waals surface area contributed by atoms with Crippen LogP contribution in [0.25, 0.3) is 0 Å². The van der Waals surface area contributed by atoms with E-state index in [1.807, 2.05) is 19.2 Å². The number of hydrogen-bond acceptors (Lipinski definition) is 3. The Bertz CT molecular complexity index is 348. The molecule has 1 aromatic heterocycles. The highest BCUT2D eigenvalue weighted by molar-refractivity contribution is 5.06. The van der Waals surface area contributed by atoms with Crippen LogP contribution in [-0.2, 0) is 17.9 Å². The molecule has 0 aliphatic heterocycles. The lowest BCUT2D eigenvalue weighted by molar-refractivity contribution is -0.0286. The van der Waals surface area contributed by atoms with Crippen LogP contribution in [0.5, 0.6) is 0 Å². The Morgan fingerprint density at radius 3 is 2.83 bits per heavy atom. The van der Waals surface area contributed by atoms with Crippen LogP contribution < -0.4 is 5.32 Å². The molecule has 0 aromatic carbocycles. The van der Waals surface area contributed by atoms with Gasteiger partial charge in [-0.15, -0.1) is 0 Å². The molecule has 1 heterocycles. The zero-order valence-corrected chi connectivity index (χ0v) is 11.6. The quantitative estimate of drug-likeness (QED) is 0.840. The van der Waals surface area contributed by atoms with Gasteiger partial charge in [-0.25, -0.2) is 0 Å². The smallest absolute Gasteiger partial charge is 0.129 e. The molecule has 0 radical (unpaired) electrons. The van der Waals surface area contributed by atoms with Crippen LogP contribution in [0.15, 0.2) is 16.5 Å². The summed E-state index contributed by atoms with van der Waals surface area (Å²) in [6.45, 7) is 3.66. The molecule has 1 saturated carbocycles. The fourth-order valence-corrected chi connectivity index (χ4v) is 2.82. The van der Waals surface area contributed by atoms with E-state index < -0.39 is 0 Å². The lowest BCUT2D eigenvalue weighted by Crippen LogP contribution is -2.27. The van der Waals surface area contributed by atoms with Crippen LogP contribution in [0.4, 0.5) is 0 Å². The van der Waals surface area contributed by atoms with Crippen molar-refractivity contribution in [3.8, 4) is 0 Å². The first-order valence-electron chi connectivity index (χ1n) is 7.17. The molecule has 0 spiro atoms. The summed E-state index contributed by atoms with van der Waals surface area (Å²) in [6.07, 6.45) is 6.87. The molecule has 1 aliphatic rings. The van der Waals surface area contributed by atoms with E-state index in [9.17, 15) is 0 Å². The van der Waals surface area contributed by atoms with Gasteiger partial charge in [-0.2, -0.15) is 0 Å². The number of nitrogens with one attached hydrogen (secondary N) is 1. The summed E-state index contributed by atoms with van der Waals surface area (Å²) in [5.74, 6) is 2.66. The fourth-order valence-electron chi connectivity index (χ4n) is 2.82. The van der Waals surface area contributed by atoms with E-state index in [4.69, 9.17) is 9.15 Å². The summed E-state index contributed by atoms with van der Waals surface area (Å²) in [6, 6.07) is 4.05. The minimum atomic E-state index is 0.432. The highest BCUT2D eigenvalue weighted by Gasteiger charge is 2.24. The minimum Gasteiger partial charge on any atom is -0.462 e. The normalized spacial score (nSPS) is 24.3. The summed E-state index contributed by atoms with van der Waals surface area (Å²) in [5, 5.41) is 3.08. The summed E-state index contributed by atoms with van der Waals surface area (Å²) in [5.41, 5.74) is 0. The van der Waals surface area contributed by atoms with Gasteiger partial charge in [0, 0.05) is 0 Å². The van der Waals surface area contributed by atoms with Gasteiger partial charge in [-0.05, 0) is 37.9 Å². The van der Waals surface area contributed by atoms with Gasteiger partial charge < -0.3 is 14.5 Å². The van der Waals surface area contributed by atoms with Gasteiger partial charge in [0.15, 0.2) is 0 Å². The van der Waals surface area contributed by atoms with Crippen molar-refractivity contribution in [1.82, 2.24) is 5.32 Å². The molecule has 2 atom stereocenters. The summed E-state index contributed by atoms with van der Waals surface area (Å²) in [7, 11) is 1.92. The van der Waals surface area contributed by atoms with E-state index in [-0.39, 0.29) is 0 Å². The first-order chi connectivity index (χ1) is 8.83. The highest BCUT2D eigenvalue weighted by Crippen LogP contribution is 2.29. The first kappa shape index (κ1) is 13.6. The lowest BCUT2D eigenvalue weighted by atomic mass is 9.85. The fraction of sp³-hybridized carbons (Fsp3) is 0.733. The SMILES string of the molecule is CCC1CCCCC1OCc1ccc(CNC)o1. The number of ether oxygens (including phenoxy) is 1. The Morgan fingerprint density at radius 2 is 2.06 bits per heavy atom. The molecule has 18 heavy (non-hydrogen) atoms. The van der Waals surface area contributed by atoms with Crippen molar-refractivity contribution in [3.63, 3.8) is 0 Å². The van der Waals surface area contributed by atoms with E-state index in [2.05, 4.69) is 12.2 Å². The Labute approximate surface area is 110 Å². The maximum absolute atomic E-state index is 6.05. The lowest BCUT2D eigenvalue weighted by Gasteiger charge is -2.30. The zero-order chi connectivity index (χ0) is 12.8. The second-order valence-corrected chi connectivity index (χ2v) is 5.20. The van der Waals surface area contributed by atoms with Crippen molar-refractivity contribution in [3.05, 3.63) is 23.7 Å². The van der Waals surface area contributed by atoms with Crippen molar-refractivity contribution in [2.75, 3.05) is 7.05 Å². The molecule has 1 aromatic rings. The third-order valence-electron chi connectivity index (χ3n) is 3.87. The minimum absolute atomic E-state index is 0.432. The van der Waals surface area contributed by atoms with Gasteiger partial charge in [0.2, 0.25) is 0 Å². The van der Waals surface area contributed by atoms with Gasteiger partial charge in [0.25, 0.3) is 0 Å². The van der Waals surface area contributed by atoms with Crippen LogP contribution in [-0.4, -0.2) is 13.2 Å². The van der Waals surface area contributed by atoms with Gasteiger partial charge in [0.1, 0.15) is 18.1 Å². The van der Waals surface area contributed by atoms with Crippen LogP contribution in [0.3, 0.4) is 0 Å². The summed E-state index contributed by atoms with van der Waals surface area (Å²) >= 11 is 0. The number of furan rings is 1. The maximum Gasteiger partial charge on any atom is 0.129 e. The van der Waals surface area contributed by atoms with E-state index in [1.165, 1.54) is 32.1 Å². The van der Waals surface area contributed by atoms with Gasteiger partial charge in [-0.1, -0.05) is 26.2 Å². The number of hydrogen-bond donors (Lipinski definition) is 1. The number of rotatable bonds is 6. The molecular formula is C15H25NO2. The van der Waals surface area contributed by atoms with Crippen molar-refractivity contribution in [1.29, 1.82) is 0 Å². The van der Waals surface area contributed by atoms with Crippen molar-refractivity contribution in [2.24, 2.45) is 5.92 Å². The van der Waals surface area contributed by atoms with Gasteiger partial charge >= 0.3 is 0 Å². The Morgan fingerprint density at radius 1 is 1.28 bits per heavy atom. The van der Waals surface area contributed by atoms with Crippen molar-refractivity contribution < 1.29 is 9.15 Å². The van der Waals surface area contributed by atoms with E-state index in [1.54, 1.807) is 0 Å². The predicted octanol–water partition coefficient (Wildman–Crippen LogP) is 3.48. The van der Waals surface area contributed by atoms with E-state index in [0.29, 0.717) is 12.7 Å². The zero-order valence-electron chi connectivity index (χ0n) is 11.6. The molecule has 102 valence electrons. The monoisotopic (exact) mass is 251 g/mol. The predicted molar refractivity (Wildman–Crippen MR) is 72.3 cm³/mol. The average molecular weight is 251 g/mol. The standard InChI is InChI=1S/C15H25NO2/c1-3-12-6-4-5-7-15(12)17-11-14-9-8-13(18-14)10-16-2/h8-9,12,15-16H,3-7,10-11H2,1-2H3. The largest absolute Gasteiger partial charge is 0.462 e. The third-order valence-corrected chi connectivity index (χ3v) is 3.87. The Kier molecular flexibility index (Phi) is 5.26. The van der Waals surface area contributed by atoms with E-state index >= 15 is 0 Å². The summed E-state index contributed by atoms with van der Waals surface area (Å²) in [4.78, 5) is 0. The molecule has 0 bridgehead atoms. The van der Waals surface area contributed by atoms with Crippen LogP contribution in [0.2, 0.25) is 0 Å². The first-order valence-corrected chi connectivity index (χ1v) is 7.17. The summed E-state index contributed by atoms with van der Waals surface area (Å²) < 4.78 is 11.7. The third kappa shape index (κ3) is 3.59. The van der Waals surface area contributed by atoms with E-state index in [0.717, 1.165) is 24.0 Å². The molecule has 1 aliphatic carbocycles. The average Bonchev–Trinajstić information content (AvgIpc) is 2.85. The van der Waals surface area contributed by atoms with Crippen molar-refractivity contribution >= 4 is 0 Å². The molecule has 0 saturated heterocycles. The molecule has 1 N–H and O–H groups in total. The van der Waals surface area contributed by atoms with Gasteiger partial charge in [0.05, 0.1) is 12.6 Å². The second kappa shape index (κ2) is 6.95.